The van der Waals surface area contributed by atoms with E-state index < -0.39 is 18.5 Å². The first-order chi connectivity index (χ1) is 13.6. The van der Waals surface area contributed by atoms with E-state index in [1.165, 1.54) is 10.9 Å². The van der Waals surface area contributed by atoms with E-state index >= 15 is 0 Å². The predicted molar refractivity (Wildman–Crippen MR) is 97.5 cm³/mol. The van der Waals surface area contributed by atoms with Gasteiger partial charge in [0, 0.05) is 19.0 Å². The lowest BCUT2D eigenvalue weighted by Crippen LogP contribution is -2.35. The highest BCUT2D eigenvalue weighted by Crippen LogP contribution is 2.22. The normalized spacial score (nSPS) is 13.7. The Labute approximate surface area is 160 Å². The molecule has 0 unspecified atom stereocenters. The number of nitrogens with zero attached hydrogens (tertiary/aromatic N) is 3. The summed E-state index contributed by atoms with van der Waals surface area (Å²) in [7, 11) is 0. The smallest absolute Gasteiger partial charge is 0.357 e. The number of para-hydroxylation sites is 1. The van der Waals surface area contributed by atoms with Crippen molar-refractivity contribution in [2.24, 2.45) is 0 Å². The summed E-state index contributed by atoms with van der Waals surface area (Å²) in [4.78, 5) is 37.5. The van der Waals surface area contributed by atoms with Crippen LogP contribution >= 0.6 is 0 Å². The fourth-order valence-electron chi connectivity index (χ4n) is 3.03. The molecule has 4 rings (SSSR count). The van der Waals surface area contributed by atoms with Crippen molar-refractivity contribution in [1.29, 1.82) is 0 Å². The Balaban J connectivity index is 1.58. The van der Waals surface area contributed by atoms with Crippen LogP contribution in [0.25, 0.3) is 17.1 Å². The van der Waals surface area contributed by atoms with Gasteiger partial charge in [-0.05, 0) is 30.7 Å². The number of carbonyl (C=O) groups excluding carboxylic acids is 3. The number of aromatic nitrogens is 2. The Morgan fingerprint density at radius 3 is 2.64 bits per heavy atom. The predicted octanol–water partition coefficient (Wildman–Crippen LogP) is 2.44. The molecule has 1 aliphatic rings. The first-order valence-electron chi connectivity index (χ1n) is 8.83. The number of benzene rings is 1. The van der Waals surface area contributed by atoms with Gasteiger partial charge in [-0.1, -0.05) is 18.2 Å². The van der Waals surface area contributed by atoms with Gasteiger partial charge in [0.05, 0.1) is 12.0 Å². The van der Waals surface area contributed by atoms with Gasteiger partial charge in [0.2, 0.25) is 5.91 Å². The van der Waals surface area contributed by atoms with E-state index in [0.29, 0.717) is 36.5 Å². The van der Waals surface area contributed by atoms with Crippen LogP contribution in [0.2, 0.25) is 0 Å². The highest BCUT2D eigenvalue weighted by Gasteiger charge is 2.28. The van der Waals surface area contributed by atoms with E-state index in [1.807, 2.05) is 18.2 Å². The van der Waals surface area contributed by atoms with E-state index in [1.54, 1.807) is 30.3 Å². The van der Waals surface area contributed by atoms with E-state index in [2.05, 4.69) is 5.10 Å². The standard InChI is InChI=1S/C20H17N3O5/c24-18-9-4-10-22(18)19(25)13-28-20(26)16-12-15(17-8-5-11-27-17)21-23(16)14-6-2-1-3-7-14/h1-3,5-8,11-12H,4,9-10,13H2. The first-order valence-corrected chi connectivity index (χ1v) is 8.83. The van der Waals surface area contributed by atoms with Crippen molar-refractivity contribution < 1.29 is 23.5 Å². The molecule has 1 fully saturated rings. The molecule has 0 saturated carbocycles. The molecule has 0 radical (unpaired) electrons. The molecule has 3 heterocycles. The van der Waals surface area contributed by atoms with E-state index in [0.717, 1.165) is 4.90 Å². The number of rotatable bonds is 5. The zero-order chi connectivity index (χ0) is 19.5. The third kappa shape index (κ3) is 3.44. The Bertz CT molecular complexity index is 1010. The summed E-state index contributed by atoms with van der Waals surface area (Å²) in [6, 6.07) is 14.1. The summed E-state index contributed by atoms with van der Waals surface area (Å²) in [6.07, 6.45) is 2.49. The van der Waals surface area contributed by atoms with Crippen molar-refractivity contribution >= 4 is 17.8 Å². The zero-order valence-corrected chi connectivity index (χ0v) is 14.9. The molecule has 8 heteroatoms. The highest BCUT2D eigenvalue weighted by atomic mass is 16.5. The van der Waals surface area contributed by atoms with Gasteiger partial charge < -0.3 is 9.15 Å². The molecular formula is C20H17N3O5. The number of carbonyl (C=O) groups is 3. The number of likely N-dealkylation sites (tertiary alicyclic amines) is 1. The minimum Gasteiger partial charge on any atom is -0.463 e. The maximum Gasteiger partial charge on any atom is 0.357 e. The summed E-state index contributed by atoms with van der Waals surface area (Å²) in [5.74, 6) is -0.972. The SMILES string of the molecule is O=C(OCC(=O)N1CCCC1=O)c1cc(-c2ccco2)nn1-c1ccccc1. The van der Waals surface area contributed by atoms with E-state index in [4.69, 9.17) is 9.15 Å². The largest absolute Gasteiger partial charge is 0.463 e. The maximum absolute atomic E-state index is 12.7. The number of furan rings is 1. The number of esters is 1. The lowest BCUT2D eigenvalue weighted by atomic mass is 10.3. The summed E-state index contributed by atoms with van der Waals surface area (Å²) in [5.41, 5.74) is 1.27. The average molecular weight is 379 g/mol. The molecule has 8 nitrogen and oxygen atoms in total. The van der Waals surface area contributed by atoms with Gasteiger partial charge in [-0.3, -0.25) is 14.5 Å². The minimum absolute atomic E-state index is 0.151. The van der Waals surface area contributed by atoms with Crippen LogP contribution in [0.1, 0.15) is 23.3 Å². The van der Waals surface area contributed by atoms with Crippen LogP contribution in [-0.4, -0.2) is 45.6 Å². The molecular weight excluding hydrogens is 362 g/mol. The van der Waals surface area contributed by atoms with Crippen LogP contribution in [0.3, 0.4) is 0 Å². The maximum atomic E-state index is 12.7. The zero-order valence-electron chi connectivity index (χ0n) is 14.9. The van der Waals surface area contributed by atoms with E-state index in [-0.39, 0.29) is 11.6 Å². The second kappa shape index (κ2) is 7.51. The number of hydrogen-bond donors (Lipinski definition) is 0. The molecule has 2 aromatic heterocycles. The topological polar surface area (TPSA) is 94.6 Å². The molecule has 0 spiro atoms. The van der Waals surface area contributed by atoms with Gasteiger partial charge >= 0.3 is 5.97 Å². The molecule has 142 valence electrons. The quantitative estimate of drug-likeness (QED) is 0.632. The summed E-state index contributed by atoms with van der Waals surface area (Å²) in [6.45, 7) is -0.138. The number of amides is 2. The second-order valence-corrected chi connectivity index (χ2v) is 6.26. The molecule has 1 aromatic carbocycles. The van der Waals surface area contributed by atoms with E-state index in [9.17, 15) is 14.4 Å². The van der Waals surface area contributed by atoms with Crippen molar-refractivity contribution in [3.05, 3.63) is 60.5 Å². The van der Waals surface area contributed by atoms with Crippen LogP contribution < -0.4 is 0 Å². The van der Waals surface area contributed by atoms with Gasteiger partial charge in [0.15, 0.2) is 18.1 Å². The molecule has 0 N–H and O–H groups in total. The molecule has 0 bridgehead atoms. The molecule has 2 amide bonds. The monoisotopic (exact) mass is 379 g/mol. The first kappa shape index (κ1) is 17.7. The third-order valence-corrected chi connectivity index (χ3v) is 4.39. The van der Waals surface area contributed by atoms with Crippen molar-refractivity contribution in [2.75, 3.05) is 13.2 Å². The van der Waals surface area contributed by atoms with Gasteiger partial charge in [0.1, 0.15) is 5.69 Å². The van der Waals surface area contributed by atoms with Crippen LogP contribution in [0.5, 0.6) is 0 Å². The second-order valence-electron chi connectivity index (χ2n) is 6.26. The minimum atomic E-state index is -0.714. The number of hydrogen-bond acceptors (Lipinski definition) is 6. The summed E-state index contributed by atoms with van der Waals surface area (Å²) >= 11 is 0. The lowest BCUT2D eigenvalue weighted by Gasteiger charge is -2.13. The Morgan fingerprint density at radius 1 is 1.14 bits per heavy atom. The van der Waals surface area contributed by atoms with Gasteiger partial charge in [-0.15, -0.1) is 0 Å². The number of imide groups is 1. The van der Waals surface area contributed by atoms with Crippen LogP contribution in [0.15, 0.2) is 59.2 Å². The number of ether oxygens (including phenoxy) is 1. The van der Waals surface area contributed by atoms with Crippen LogP contribution in [-0.2, 0) is 14.3 Å². The molecule has 3 aromatic rings. The van der Waals surface area contributed by atoms with Crippen LogP contribution in [0, 0.1) is 0 Å². The fourth-order valence-corrected chi connectivity index (χ4v) is 3.03. The average Bonchev–Trinajstić information content (AvgIpc) is 3.46. The van der Waals surface area contributed by atoms with Gasteiger partial charge in [0.25, 0.3) is 5.91 Å². The summed E-state index contributed by atoms with van der Waals surface area (Å²) < 4.78 is 12.0. The molecule has 28 heavy (non-hydrogen) atoms. The molecule has 0 aliphatic carbocycles. The fraction of sp³-hybridized carbons (Fsp3) is 0.200. The highest BCUT2D eigenvalue weighted by molar-refractivity contribution is 5.98. The van der Waals surface area contributed by atoms with Gasteiger partial charge in [-0.2, -0.15) is 5.10 Å². The Hall–Kier alpha value is -3.68. The van der Waals surface area contributed by atoms with Crippen molar-refractivity contribution in [3.8, 4) is 17.1 Å². The molecule has 0 atom stereocenters. The summed E-state index contributed by atoms with van der Waals surface area (Å²) in [5, 5.41) is 4.43. The Kier molecular flexibility index (Phi) is 4.76. The van der Waals surface area contributed by atoms with Crippen molar-refractivity contribution in [2.45, 2.75) is 12.8 Å². The van der Waals surface area contributed by atoms with Crippen molar-refractivity contribution in [3.63, 3.8) is 0 Å². The molecule has 1 aliphatic heterocycles. The van der Waals surface area contributed by atoms with Crippen LogP contribution in [0.4, 0.5) is 0 Å². The van der Waals surface area contributed by atoms with Gasteiger partial charge in [-0.25, -0.2) is 9.48 Å². The van der Waals surface area contributed by atoms with Crippen molar-refractivity contribution in [1.82, 2.24) is 14.7 Å². The lowest BCUT2D eigenvalue weighted by molar-refractivity contribution is -0.143. The third-order valence-electron chi connectivity index (χ3n) is 4.39. The Morgan fingerprint density at radius 2 is 1.96 bits per heavy atom. The molecule has 1 saturated heterocycles.